The van der Waals surface area contributed by atoms with Gasteiger partial charge >= 0.3 is 0 Å². The van der Waals surface area contributed by atoms with E-state index < -0.39 is 0 Å². The van der Waals surface area contributed by atoms with Gasteiger partial charge in [0, 0.05) is 6.54 Å². The second kappa shape index (κ2) is 5.41. The summed E-state index contributed by atoms with van der Waals surface area (Å²) in [7, 11) is 0. The largest absolute Gasteiger partial charge is 0.369 e. The van der Waals surface area contributed by atoms with E-state index in [9.17, 15) is 0 Å². The van der Waals surface area contributed by atoms with Crippen LogP contribution in [-0.4, -0.2) is 12.1 Å². The van der Waals surface area contributed by atoms with Crippen LogP contribution in [0.2, 0.25) is 0 Å². The minimum atomic E-state index is -0.0712. The average molecular weight is 247 g/mol. The molecule has 1 aliphatic rings. The first kappa shape index (κ1) is 13.6. The van der Waals surface area contributed by atoms with E-state index in [0.29, 0.717) is 13.2 Å². The zero-order valence-corrected chi connectivity index (χ0v) is 11.8. The molecule has 0 spiro atoms. The van der Waals surface area contributed by atoms with Crippen molar-refractivity contribution in [1.29, 1.82) is 0 Å². The average Bonchev–Trinajstić information content (AvgIpc) is 2.73. The van der Waals surface area contributed by atoms with Crippen LogP contribution in [-0.2, 0) is 11.3 Å². The summed E-state index contributed by atoms with van der Waals surface area (Å²) < 4.78 is 6.17. The fourth-order valence-corrected chi connectivity index (χ4v) is 2.85. The van der Waals surface area contributed by atoms with Gasteiger partial charge in [-0.3, -0.25) is 0 Å². The van der Waals surface area contributed by atoms with Crippen molar-refractivity contribution >= 4 is 0 Å². The Hall–Kier alpha value is -0.860. The summed E-state index contributed by atoms with van der Waals surface area (Å²) in [6.07, 6.45) is 3.45. The van der Waals surface area contributed by atoms with Gasteiger partial charge in [0.2, 0.25) is 0 Å². The Kier molecular flexibility index (Phi) is 4.08. The number of benzene rings is 1. The van der Waals surface area contributed by atoms with Crippen LogP contribution < -0.4 is 5.73 Å². The van der Waals surface area contributed by atoms with E-state index in [1.807, 2.05) is 0 Å². The number of hydrogen-bond acceptors (Lipinski definition) is 2. The molecule has 1 aromatic rings. The lowest BCUT2D eigenvalue weighted by Crippen LogP contribution is -2.38. The van der Waals surface area contributed by atoms with Gasteiger partial charge in [0.05, 0.1) is 12.2 Å². The fraction of sp³-hybridized carbons (Fsp3) is 0.625. The lowest BCUT2D eigenvalue weighted by molar-refractivity contribution is -0.0471. The van der Waals surface area contributed by atoms with Crippen LogP contribution in [0.3, 0.4) is 0 Å². The zero-order chi connectivity index (χ0) is 13.2. The lowest BCUT2D eigenvalue weighted by atomic mass is 10.0. The fourth-order valence-electron chi connectivity index (χ4n) is 2.85. The molecule has 0 saturated heterocycles. The third kappa shape index (κ3) is 2.93. The van der Waals surface area contributed by atoms with Gasteiger partial charge in [-0.05, 0) is 55.7 Å². The Bertz CT molecular complexity index is 416. The van der Waals surface area contributed by atoms with Gasteiger partial charge in [-0.2, -0.15) is 0 Å². The first-order chi connectivity index (χ1) is 8.54. The molecular formula is C16H25NO. The molecule has 2 rings (SSSR count). The van der Waals surface area contributed by atoms with Gasteiger partial charge in [-0.1, -0.05) is 25.1 Å². The highest BCUT2D eigenvalue weighted by Gasteiger charge is 2.37. The maximum atomic E-state index is 6.17. The van der Waals surface area contributed by atoms with Crippen molar-refractivity contribution in [3.8, 4) is 0 Å². The SMILES string of the molecule is Cc1ccc(COC2(CN)CCC(C)C2)cc1C. The van der Waals surface area contributed by atoms with Gasteiger partial charge in [0.25, 0.3) is 0 Å². The Labute approximate surface area is 111 Å². The summed E-state index contributed by atoms with van der Waals surface area (Å²) >= 11 is 0. The van der Waals surface area contributed by atoms with E-state index in [4.69, 9.17) is 10.5 Å². The van der Waals surface area contributed by atoms with E-state index in [1.54, 1.807) is 0 Å². The molecule has 0 aromatic heterocycles. The molecule has 1 aromatic carbocycles. The quantitative estimate of drug-likeness (QED) is 0.885. The molecule has 18 heavy (non-hydrogen) atoms. The van der Waals surface area contributed by atoms with Crippen molar-refractivity contribution in [3.05, 3.63) is 34.9 Å². The van der Waals surface area contributed by atoms with Crippen molar-refractivity contribution in [3.63, 3.8) is 0 Å². The zero-order valence-electron chi connectivity index (χ0n) is 11.8. The van der Waals surface area contributed by atoms with Crippen molar-refractivity contribution in [2.45, 2.75) is 52.2 Å². The van der Waals surface area contributed by atoms with Crippen LogP contribution in [0, 0.1) is 19.8 Å². The van der Waals surface area contributed by atoms with Crippen molar-refractivity contribution in [1.82, 2.24) is 0 Å². The molecule has 0 radical (unpaired) electrons. The molecule has 0 bridgehead atoms. The van der Waals surface area contributed by atoms with Gasteiger partial charge in [0.15, 0.2) is 0 Å². The Balaban J connectivity index is 1.99. The highest BCUT2D eigenvalue weighted by molar-refractivity contribution is 5.29. The molecular weight excluding hydrogens is 222 g/mol. The van der Waals surface area contributed by atoms with E-state index in [-0.39, 0.29) is 5.60 Å². The Morgan fingerprint density at radius 2 is 2.11 bits per heavy atom. The Morgan fingerprint density at radius 1 is 1.33 bits per heavy atom. The summed E-state index contributed by atoms with van der Waals surface area (Å²) in [6, 6.07) is 6.54. The molecule has 0 heterocycles. The molecule has 2 heteroatoms. The number of hydrogen-bond donors (Lipinski definition) is 1. The molecule has 0 aliphatic heterocycles. The van der Waals surface area contributed by atoms with Crippen LogP contribution in [0.25, 0.3) is 0 Å². The van der Waals surface area contributed by atoms with E-state index in [1.165, 1.54) is 23.1 Å². The van der Waals surface area contributed by atoms with E-state index in [0.717, 1.165) is 18.8 Å². The van der Waals surface area contributed by atoms with Gasteiger partial charge < -0.3 is 10.5 Å². The second-order valence-electron chi connectivity index (χ2n) is 5.94. The van der Waals surface area contributed by atoms with Gasteiger partial charge in [-0.15, -0.1) is 0 Å². The monoisotopic (exact) mass is 247 g/mol. The first-order valence-corrected chi connectivity index (χ1v) is 6.95. The molecule has 1 aliphatic carbocycles. The summed E-state index contributed by atoms with van der Waals surface area (Å²) in [5, 5.41) is 0. The maximum absolute atomic E-state index is 6.17. The highest BCUT2D eigenvalue weighted by atomic mass is 16.5. The number of nitrogens with two attached hydrogens (primary N) is 1. The summed E-state index contributed by atoms with van der Waals surface area (Å²) in [6.45, 7) is 7.90. The standard InChI is InChI=1S/C16H25NO/c1-12-6-7-16(9-12,11-17)18-10-15-5-4-13(2)14(3)8-15/h4-5,8,12H,6-7,9-11,17H2,1-3H3. The van der Waals surface area contributed by atoms with E-state index in [2.05, 4.69) is 39.0 Å². The number of aryl methyl sites for hydroxylation is 2. The summed E-state index contributed by atoms with van der Waals surface area (Å²) in [5.74, 6) is 0.744. The van der Waals surface area contributed by atoms with Gasteiger partial charge in [0.1, 0.15) is 0 Å². The molecule has 1 saturated carbocycles. The topological polar surface area (TPSA) is 35.2 Å². The Morgan fingerprint density at radius 3 is 2.67 bits per heavy atom. The molecule has 2 nitrogen and oxygen atoms in total. The number of ether oxygens (including phenoxy) is 1. The van der Waals surface area contributed by atoms with E-state index >= 15 is 0 Å². The first-order valence-electron chi connectivity index (χ1n) is 6.95. The minimum Gasteiger partial charge on any atom is -0.369 e. The maximum Gasteiger partial charge on any atom is 0.0811 e. The van der Waals surface area contributed by atoms with Crippen LogP contribution in [0.1, 0.15) is 42.9 Å². The van der Waals surface area contributed by atoms with Crippen molar-refractivity contribution < 1.29 is 4.74 Å². The minimum absolute atomic E-state index is 0.0712. The summed E-state index contributed by atoms with van der Waals surface area (Å²) in [4.78, 5) is 0. The molecule has 1 fully saturated rings. The molecule has 2 unspecified atom stereocenters. The van der Waals surface area contributed by atoms with Crippen molar-refractivity contribution in [2.75, 3.05) is 6.54 Å². The second-order valence-corrected chi connectivity index (χ2v) is 5.94. The third-order valence-electron chi connectivity index (χ3n) is 4.30. The predicted molar refractivity (Wildman–Crippen MR) is 75.5 cm³/mol. The highest BCUT2D eigenvalue weighted by Crippen LogP contribution is 2.37. The summed E-state index contributed by atoms with van der Waals surface area (Å²) in [5.41, 5.74) is 9.77. The molecule has 0 amide bonds. The van der Waals surface area contributed by atoms with Crippen LogP contribution >= 0.6 is 0 Å². The third-order valence-corrected chi connectivity index (χ3v) is 4.30. The molecule has 2 N–H and O–H groups in total. The van der Waals surface area contributed by atoms with Crippen LogP contribution in [0.4, 0.5) is 0 Å². The predicted octanol–water partition coefficient (Wildman–Crippen LogP) is 3.34. The normalized spacial score (nSPS) is 27.7. The van der Waals surface area contributed by atoms with Crippen molar-refractivity contribution in [2.24, 2.45) is 11.7 Å². The van der Waals surface area contributed by atoms with Crippen LogP contribution in [0.5, 0.6) is 0 Å². The number of rotatable bonds is 4. The smallest absolute Gasteiger partial charge is 0.0811 e. The van der Waals surface area contributed by atoms with Crippen LogP contribution in [0.15, 0.2) is 18.2 Å². The lowest BCUT2D eigenvalue weighted by Gasteiger charge is -2.28. The van der Waals surface area contributed by atoms with Gasteiger partial charge in [-0.25, -0.2) is 0 Å². The molecule has 2 atom stereocenters. The molecule has 100 valence electrons.